The average molecular weight is 270 g/mol. The third kappa shape index (κ3) is 2.84. The molecule has 102 valence electrons. The van der Waals surface area contributed by atoms with Crippen LogP contribution in [0.25, 0.3) is 0 Å². The van der Waals surface area contributed by atoms with Crippen molar-refractivity contribution in [3.8, 4) is 0 Å². The van der Waals surface area contributed by atoms with Crippen LogP contribution in [-0.4, -0.2) is 34.9 Å². The third-order valence-corrected chi connectivity index (χ3v) is 4.70. The Morgan fingerprint density at radius 1 is 1.50 bits per heavy atom. The summed E-state index contributed by atoms with van der Waals surface area (Å²) in [7, 11) is 0. The predicted molar refractivity (Wildman–Crippen MR) is 73.9 cm³/mol. The Labute approximate surface area is 112 Å². The number of aromatic nitrogens is 1. The highest BCUT2D eigenvalue weighted by atomic mass is 32.1. The van der Waals surface area contributed by atoms with Crippen LogP contribution in [0.5, 0.6) is 0 Å². The van der Waals surface area contributed by atoms with Crippen molar-refractivity contribution in [1.29, 1.82) is 0 Å². The van der Waals surface area contributed by atoms with Gasteiger partial charge in [-0.05, 0) is 19.3 Å². The van der Waals surface area contributed by atoms with Crippen LogP contribution in [0.15, 0.2) is 5.38 Å². The number of nitrogens with zero attached hydrogens (tertiary/aromatic N) is 2. The van der Waals surface area contributed by atoms with Gasteiger partial charge in [0.2, 0.25) is 0 Å². The van der Waals surface area contributed by atoms with Crippen LogP contribution in [0.2, 0.25) is 0 Å². The molecule has 2 rings (SSSR count). The van der Waals surface area contributed by atoms with Crippen LogP contribution in [0.4, 0.5) is 5.13 Å². The van der Waals surface area contributed by atoms with Gasteiger partial charge in [0.25, 0.3) is 0 Å². The second-order valence-electron chi connectivity index (χ2n) is 5.21. The van der Waals surface area contributed by atoms with Crippen molar-refractivity contribution in [2.24, 2.45) is 5.41 Å². The number of rotatable bonds is 5. The Hall–Kier alpha value is -0.650. The lowest BCUT2D eigenvalue weighted by Crippen LogP contribution is -2.45. The molecule has 0 bridgehead atoms. The van der Waals surface area contributed by atoms with Crippen molar-refractivity contribution in [3.05, 3.63) is 11.1 Å². The summed E-state index contributed by atoms with van der Waals surface area (Å²) in [4.78, 5) is 6.69. The van der Waals surface area contributed by atoms with Crippen LogP contribution >= 0.6 is 11.3 Å². The first-order chi connectivity index (χ1) is 8.73. The summed E-state index contributed by atoms with van der Waals surface area (Å²) in [5.74, 6) is 0. The van der Waals surface area contributed by atoms with E-state index in [4.69, 9.17) is 5.11 Å². The fourth-order valence-corrected chi connectivity index (χ4v) is 3.67. The monoisotopic (exact) mass is 270 g/mol. The molecule has 0 spiro atoms. The lowest BCUT2D eigenvalue weighted by molar-refractivity contribution is 0.0954. The predicted octanol–water partition coefficient (Wildman–Crippen LogP) is 2.01. The summed E-state index contributed by atoms with van der Waals surface area (Å²) in [6.45, 7) is 4.32. The third-order valence-electron chi connectivity index (χ3n) is 3.75. The van der Waals surface area contributed by atoms with Crippen LogP contribution < -0.4 is 4.90 Å². The van der Waals surface area contributed by atoms with E-state index in [0.717, 1.165) is 49.6 Å². The van der Waals surface area contributed by atoms with Gasteiger partial charge in [0.1, 0.15) is 0 Å². The van der Waals surface area contributed by atoms with Crippen LogP contribution in [0.3, 0.4) is 0 Å². The normalized spacial score (nSPS) is 24.5. The largest absolute Gasteiger partial charge is 0.396 e. The molecule has 5 heteroatoms. The molecular weight excluding hydrogens is 248 g/mol. The van der Waals surface area contributed by atoms with Crippen LogP contribution in [0.1, 0.15) is 38.3 Å². The first-order valence-electron chi connectivity index (χ1n) is 6.64. The molecule has 1 aromatic rings. The Morgan fingerprint density at radius 3 is 2.94 bits per heavy atom. The van der Waals surface area contributed by atoms with E-state index in [9.17, 15) is 5.11 Å². The minimum absolute atomic E-state index is 0.00441. The summed E-state index contributed by atoms with van der Waals surface area (Å²) in [5.41, 5.74) is 0.781. The van der Waals surface area contributed by atoms with E-state index in [0.29, 0.717) is 0 Å². The van der Waals surface area contributed by atoms with E-state index in [2.05, 4.69) is 16.8 Å². The molecule has 0 radical (unpaired) electrons. The fraction of sp³-hybridized carbons (Fsp3) is 0.769. The van der Waals surface area contributed by atoms with Crippen molar-refractivity contribution in [3.63, 3.8) is 0 Å². The molecule has 0 saturated carbocycles. The average Bonchev–Trinajstić information content (AvgIpc) is 2.88. The highest BCUT2D eigenvalue weighted by Crippen LogP contribution is 2.36. The number of aliphatic hydroxyl groups excluding tert-OH is 2. The molecule has 1 saturated heterocycles. The van der Waals surface area contributed by atoms with Crippen molar-refractivity contribution in [1.82, 2.24) is 4.98 Å². The first-order valence-corrected chi connectivity index (χ1v) is 7.52. The first kappa shape index (κ1) is 13.8. The smallest absolute Gasteiger partial charge is 0.185 e. The quantitative estimate of drug-likeness (QED) is 0.859. The maximum Gasteiger partial charge on any atom is 0.185 e. The summed E-state index contributed by atoms with van der Waals surface area (Å²) >= 11 is 1.58. The molecule has 1 aliphatic rings. The molecular formula is C13H22N2O2S. The van der Waals surface area contributed by atoms with Gasteiger partial charge in [-0.25, -0.2) is 4.98 Å². The summed E-state index contributed by atoms with van der Waals surface area (Å²) < 4.78 is 0. The lowest BCUT2D eigenvalue weighted by Gasteiger charge is -2.41. The second kappa shape index (κ2) is 5.99. The van der Waals surface area contributed by atoms with Gasteiger partial charge in [-0.3, -0.25) is 0 Å². The lowest BCUT2D eigenvalue weighted by atomic mass is 9.77. The van der Waals surface area contributed by atoms with Gasteiger partial charge in [-0.2, -0.15) is 0 Å². The Morgan fingerprint density at radius 2 is 2.33 bits per heavy atom. The highest BCUT2D eigenvalue weighted by Gasteiger charge is 2.35. The molecule has 4 nitrogen and oxygen atoms in total. The Kier molecular flexibility index (Phi) is 4.59. The van der Waals surface area contributed by atoms with Gasteiger partial charge in [0.05, 0.1) is 18.9 Å². The Bertz CT molecular complexity index is 379. The minimum atomic E-state index is 0.00441. The molecule has 2 N–H and O–H groups in total. The van der Waals surface area contributed by atoms with Gasteiger partial charge in [-0.15, -0.1) is 11.3 Å². The van der Waals surface area contributed by atoms with E-state index < -0.39 is 0 Å². The molecule has 0 unspecified atom stereocenters. The number of hydrogen-bond acceptors (Lipinski definition) is 5. The van der Waals surface area contributed by atoms with Gasteiger partial charge in [0, 0.05) is 23.9 Å². The maximum atomic E-state index is 9.71. The number of hydrogen-bond donors (Lipinski definition) is 2. The SMILES string of the molecule is CCC[C@@]1(CO)CCCN(c2nc(CO)cs2)C1. The minimum Gasteiger partial charge on any atom is -0.396 e. The molecule has 18 heavy (non-hydrogen) atoms. The van der Waals surface area contributed by atoms with E-state index in [-0.39, 0.29) is 18.6 Å². The standard InChI is InChI=1S/C13H22N2O2S/c1-2-4-13(10-17)5-3-6-15(9-13)12-14-11(7-16)8-18-12/h8,16-17H,2-7,9-10H2,1H3/t13-/m1/s1. The van der Waals surface area contributed by atoms with Gasteiger partial charge in [-0.1, -0.05) is 13.3 Å². The number of anilines is 1. The molecule has 0 amide bonds. The zero-order valence-electron chi connectivity index (χ0n) is 10.9. The number of thiazole rings is 1. The number of piperidine rings is 1. The number of aliphatic hydroxyl groups is 2. The molecule has 1 aliphatic heterocycles. The van der Waals surface area contributed by atoms with Crippen molar-refractivity contribution in [2.45, 2.75) is 39.2 Å². The molecule has 1 aromatic heterocycles. The molecule has 0 aromatic carbocycles. The van der Waals surface area contributed by atoms with Crippen LogP contribution in [0, 0.1) is 5.41 Å². The highest BCUT2D eigenvalue weighted by molar-refractivity contribution is 7.13. The molecule has 0 aliphatic carbocycles. The van der Waals surface area contributed by atoms with Crippen LogP contribution in [-0.2, 0) is 6.61 Å². The van der Waals surface area contributed by atoms with E-state index >= 15 is 0 Å². The zero-order chi connectivity index (χ0) is 13.0. The van der Waals surface area contributed by atoms with Gasteiger partial charge >= 0.3 is 0 Å². The van der Waals surface area contributed by atoms with Crippen molar-refractivity contribution < 1.29 is 10.2 Å². The zero-order valence-corrected chi connectivity index (χ0v) is 11.7. The maximum absolute atomic E-state index is 9.71. The van der Waals surface area contributed by atoms with E-state index in [1.165, 1.54) is 0 Å². The molecule has 2 heterocycles. The van der Waals surface area contributed by atoms with E-state index in [1.54, 1.807) is 11.3 Å². The van der Waals surface area contributed by atoms with Gasteiger partial charge in [0.15, 0.2) is 5.13 Å². The summed E-state index contributed by atoms with van der Waals surface area (Å²) in [6, 6.07) is 0. The molecule has 1 fully saturated rings. The van der Waals surface area contributed by atoms with E-state index in [1.807, 2.05) is 5.38 Å². The fourth-order valence-electron chi connectivity index (χ4n) is 2.83. The second-order valence-corrected chi connectivity index (χ2v) is 6.05. The van der Waals surface area contributed by atoms with Crippen molar-refractivity contribution in [2.75, 3.05) is 24.6 Å². The van der Waals surface area contributed by atoms with Crippen molar-refractivity contribution >= 4 is 16.5 Å². The Balaban J connectivity index is 2.09. The summed E-state index contributed by atoms with van der Waals surface area (Å²) in [5, 5.41) is 21.7. The molecule has 1 atom stereocenters. The van der Waals surface area contributed by atoms with Gasteiger partial charge < -0.3 is 15.1 Å². The topological polar surface area (TPSA) is 56.6 Å². The summed E-state index contributed by atoms with van der Waals surface area (Å²) in [6.07, 6.45) is 4.38.